The molecule has 1 amide bonds. The first kappa shape index (κ1) is 11.4. The lowest BCUT2D eigenvalue weighted by atomic mass is 10.1. The molecular formula is C11H16N2O2. The van der Waals surface area contributed by atoms with Crippen molar-refractivity contribution >= 4 is 11.8 Å². The smallest absolute Gasteiger partial charge is 0.407 e. The maximum atomic E-state index is 10.5. The molecule has 15 heavy (non-hydrogen) atoms. The van der Waals surface area contributed by atoms with Crippen molar-refractivity contribution in [1.82, 2.24) is 4.90 Å². The highest BCUT2D eigenvalue weighted by atomic mass is 16.4. The molecule has 0 aliphatic heterocycles. The zero-order valence-electron chi connectivity index (χ0n) is 8.81. The highest BCUT2D eigenvalue weighted by Crippen LogP contribution is 2.08. The van der Waals surface area contributed by atoms with Crippen molar-refractivity contribution in [2.24, 2.45) is 0 Å². The second kappa shape index (κ2) is 5.24. The fourth-order valence-electron chi connectivity index (χ4n) is 1.36. The van der Waals surface area contributed by atoms with E-state index in [1.807, 2.05) is 24.3 Å². The summed E-state index contributed by atoms with van der Waals surface area (Å²) in [4.78, 5) is 11.8. The zero-order valence-corrected chi connectivity index (χ0v) is 8.81. The molecule has 4 heteroatoms. The molecule has 0 aromatic heterocycles. The van der Waals surface area contributed by atoms with Crippen molar-refractivity contribution in [2.75, 3.05) is 19.3 Å². The van der Waals surface area contributed by atoms with E-state index in [1.54, 1.807) is 7.05 Å². The number of hydrogen-bond donors (Lipinski definition) is 2. The molecule has 0 heterocycles. The van der Waals surface area contributed by atoms with Crippen LogP contribution in [0.3, 0.4) is 0 Å². The quantitative estimate of drug-likeness (QED) is 0.741. The minimum absolute atomic E-state index is 0.546. The van der Waals surface area contributed by atoms with E-state index < -0.39 is 6.09 Å². The topological polar surface area (TPSA) is 66.6 Å². The molecule has 3 N–H and O–H groups in total. The summed E-state index contributed by atoms with van der Waals surface area (Å²) in [5.41, 5.74) is 7.53. The van der Waals surface area contributed by atoms with Crippen molar-refractivity contribution in [2.45, 2.75) is 12.8 Å². The Kier molecular flexibility index (Phi) is 3.97. The van der Waals surface area contributed by atoms with Crippen LogP contribution < -0.4 is 5.73 Å². The maximum absolute atomic E-state index is 10.5. The molecule has 0 aliphatic carbocycles. The Hall–Kier alpha value is -1.71. The van der Waals surface area contributed by atoms with Crippen molar-refractivity contribution in [3.63, 3.8) is 0 Å². The molecule has 0 radical (unpaired) electrons. The average Bonchev–Trinajstić information content (AvgIpc) is 2.17. The van der Waals surface area contributed by atoms with Gasteiger partial charge in [0.25, 0.3) is 0 Å². The van der Waals surface area contributed by atoms with Gasteiger partial charge in [0.2, 0.25) is 0 Å². The van der Waals surface area contributed by atoms with Gasteiger partial charge in [0.15, 0.2) is 0 Å². The van der Waals surface area contributed by atoms with E-state index in [9.17, 15) is 4.79 Å². The number of amides is 1. The van der Waals surface area contributed by atoms with E-state index in [1.165, 1.54) is 4.90 Å². The van der Waals surface area contributed by atoms with Crippen LogP contribution in [0.5, 0.6) is 0 Å². The molecule has 0 aliphatic rings. The van der Waals surface area contributed by atoms with E-state index in [2.05, 4.69) is 0 Å². The van der Waals surface area contributed by atoms with Gasteiger partial charge >= 0.3 is 6.09 Å². The summed E-state index contributed by atoms with van der Waals surface area (Å²) in [6, 6.07) is 7.66. The third-order valence-electron chi connectivity index (χ3n) is 2.24. The molecular weight excluding hydrogens is 192 g/mol. The number of aryl methyl sites for hydroxylation is 1. The summed E-state index contributed by atoms with van der Waals surface area (Å²) in [6.45, 7) is 0.546. The summed E-state index contributed by atoms with van der Waals surface area (Å²) in [6.07, 6.45) is 0.775. The number of hydrogen-bond acceptors (Lipinski definition) is 2. The van der Waals surface area contributed by atoms with E-state index in [0.717, 1.165) is 24.1 Å². The second-order valence-corrected chi connectivity index (χ2v) is 3.55. The number of carbonyl (C=O) groups is 1. The minimum Gasteiger partial charge on any atom is -0.465 e. The monoisotopic (exact) mass is 208 g/mol. The largest absolute Gasteiger partial charge is 0.465 e. The predicted molar refractivity (Wildman–Crippen MR) is 59.8 cm³/mol. The van der Waals surface area contributed by atoms with E-state index in [-0.39, 0.29) is 0 Å². The maximum Gasteiger partial charge on any atom is 0.407 e. The van der Waals surface area contributed by atoms with Gasteiger partial charge in [-0.2, -0.15) is 0 Å². The van der Waals surface area contributed by atoms with Gasteiger partial charge in [-0.15, -0.1) is 0 Å². The lowest BCUT2D eigenvalue weighted by molar-refractivity contribution is 0.155. The third kappa shape index (κ3) is 3.89. The molecule has 0 saturated heterocycles. The van der Waals surface area contributed by atoms with Gasteiger partial charge in [0.05, 0.1) is 0 Å². The zero-order chi connectivity index (χ0) is 11.3. The molecule has 1 aromatic carbocycles. The molecule has 0 spiro atoms. The fourth-order valence-corrected chi connectivity index (χ4v) is 1.36. The summed E-state index contributed by atoms with van der Waals surface area (Å²) in [5, 5.41) is 8.63. The molecule has 0 bridgehead atoms. The van der Waals surface area contributed by atoms with Crippen molar-refractivity contribution in [1.29, 1.82) is 0 Å². The number of carboxylic acid groups (broad SMARTS) is 1. The van der Waals surface area contributed by atoms with Crippen LogP contribution in [0.15, 0.2) is 24.3 Å². The first-order valence-electron chi connectivity index (χ1n) is 4.88. The van der Waals surface area contributed by atoms with Gasteiger partial charge in [-0.3, -0.25) is 0 Å². The Bertz CT molecular complexity index is 339. The van der Waals surface area contributed by atoms with Crippen LogP contribution in [-0.2, 0) is 6.42 Å². The highest BCUT2D eigenvalue weighted by molar-refractivity contribution is 5.64. The summed E-state index contributed by atoms with van der Waals surface area (Å²) < 4.78 is 0. The normalized spacial score (nSPS) is 9.93. The second-order valence-electron chi connectivity index (χ2n) is 3.55. The van der Waals surface area contributed by atoms with Crippen molar-refractivity contribution < 1.29 is 9.90 Å². The predicted octanol–water partition coefficient (Wildman–Crippen LogP) is 1.81. The van der Waals surface area contributed by atoms with Crippen LogP contribution in [0.2, 0.25) is 0 Å². The number of nitrogens with zero attached hydrogens (tertiary/aromatic N) is 1. The first-order chi connectivity index (χ1) is 7.09. The SMILES string of the molecule is CN(CCCc1cccc(N)c1)C(=O)O. The van der Waals surface area contributed by atoms with Gasteiger partial charge in [0, 0.05) is 19.3 Å². The number of nitrogen functional groups attached to an aromatic ring is 1. The molecule has 1 rings (SSSR count). The molecule has 1 aromatic rings. The Morgan fingerprint density at radius 2 is 2.27 bits per heavy atom. The van der Waals surface area contributed by atoms with E-state index in [4.69, 9.17) is 10.8 Å². The van der Waals surface area contributed by atoms with Gasteiger partial charge in [-0.05, 0) is 30.5 Å². The van der Waals surface area contributed by atoms with E-state index in [0.29, 0.717) is 6.54 Å². The number of anilines is 1. The Morgan fingerprint density at radius 1 is 1.53 bits per heavy atom. The van der Waals surface area contributed by atoms with Gasteiger partial charge in [-0.25, -0.2) is 4.79 Å². The average molecular weight is 208 g/mol. The highest BCUT2D eigenvalue weighted by Gasteiger charge is 2.04. The van der Waals surface area contributed by atoms with Crippen LogP contribution in [0.4, 0.5) is 10.5 Å². The Labute approximate surface area is 89.3 Å². The van der Waals surface area contributed by atoms with Crippen LogP contribution >= 0.6 is 0 Å². The molecule has 82 valence electrons. The minimum atomic E-state index is -0.887. The van der Waals surface area contributed by atoms with Crippen LogP contribution in [-0.4, -0.2) is 29.7 Å². The number of nitrogens with two attached hydrogens (primary N) is 1. The van der Waals surface area contributed by atoms with Crippen molar-refractivity contribution in [3.8, 4) is 0 Å². The summed E-state index contributed by atoms with van der Waals surface area (Å²) in [7, 11) is 1.57. The summed E-state index contributed by atoms with van der Waals surface area (Å²) >= 11 is 0. The molecule has 0 saturated carbocycles. The molecule has 0 unspecified atom stereocenters. The van der Waals surface area contributed by atoms with Crippen molar-refractivity contribution in [3.05, 3.63) is 29.8 Å². The van der Waals surface area contributed by atoms with Gasteiger partial charge < -0.3 is 15.7 Å². The summed E-state index contributed by atoms with van der Waals surface area (Å²) in [5.74, 6) is 0. The van der Waals surface area contributed by atoms with Gasteiger partial charge in [0.1, 0.15) is 0 Å². The number of rotatable bonds is 4. The van der Waals surface area contributed by atoms with E-state index >= 15 is 0 Å². The lowest BCUT2D eigenvalue weighted by Gasteiger charge is -2.12. The van der Waals surface area contributed by atoms with Gasteiger partial charge in [-0.1, -0.05) is 12.1 Å². The first-order valence-corrected chi connectivity index (χ1v) is 4.88. The molecule has 0 atom stereocenters. The third-order valence-corrected chi connectivity index (χ3v) is 2.24. The standard InChI is InChI=1S/C11H16N2O2/c1-13(11(14)15)7-3-5-9-4-2-6-10(12)8-9/h2,4,6,8H,3,5,7,12H2,1H3,(H,14,15). The Morgan fingerprint density at radius 3 is 2.87 bits per heavy atom. The number of benzene rings is 1. The molecule has 4 nitrogen and oxygen atoms in total. The van der Waals surface area contributed by atoms with Crippen LogP contribution in [0, 0.1) is 0 Å². The molecule has 0 fully saturated rings. The van der Waals surface area contributed by atoms with Crippen LogP contribution in [0.25, 0.3) is 0 Å². The lowest BCUT2D eigenvalue weighted by Crippen LogP contribution is -2.25. The Balaban J connectivity index is 2.35. The fraction of sp³-hybridized carbons (Fsp3) is 0.364. The van der Waals surface area contributed by atoms with Crippen LogP contribution in [0.1, 0.15) is 12.0 Å².